The third-order valence-electron chi connectivity index (χ3n) is 2.97. The lowest BCUT2D eigenvalue weighted by atomic mass is 10.00. The fraction of sp³-hybridized carbons (Fsp3) is 0.571. The lowest BCUT2D eigenvalue weighted by Crippen LogP contribution is -2.18. The zero-order valence-corrected chi connectivity index (χ0v) is 10.8. The van der Waals surface area contributed by atoms with Crippen molar-refractivity contribution >= 4 is 0 Å². The molecule has 0 fully saturated rings. The molecule has 1 aromatic rings. The number of aliphatic hydroxyl groups is 1. The fourth-order valence-corrected chi connectivity index (χ4v) is 1.69. The van der Waals surface area contributed by atoms with Gasteiger partial charge in [0.25, 0.3) is 0 Å². The number of hydrogen-bond donors (Lipinski definition) is 1. The SMILES string of the molecule is CCC(O)C(C)CCOc1ccccc1OC. The highest BCUT2D eigenvalue weighted by Crippen LogP contribution is 2.26. The Morgan fingerprint density at radius 1 is 1.24 bits per heavy atom. The Bertz CT molecular complexity index is 325. The Hall–Kier alpha value is -1.22. The average Bonchev–Trinajstić information content (AvgIpc) is 2.38. The molecule has 0 spiro atoms. The molecule has 0 amide bonds. The maximum atomic E-state index is 9.64. The van der Waals surface area contributed by atoms with Crippen molar-refractivity contribution in [2.24, 2.45) is 5.92 Å². The summed E-state index contributed by atoms with van der Waals surface area (Å²) in [6, 6.07) is 7.59. The number of hydrogen-bond acceptors (Lipinski definition) is 3. The number of ether oxygens (including phenoxy) is 2. The van der Waals surface area contributed by atoms with Gasteiger partial charge in [-0.2, -0.15) is 0 Å². The fourth-order valence-electron chi connectivity index (χ4n) is 1.69. The summed E-state index contributed by atoms with van der Waals surface area (Å²) in [4.78, 5) is 0. The highest BCUT2D eigenvalue weighted by molar-refractivity contribution is 5.39. The van der Waals surface area contributed by atoms with E-state index in [-0.39, 0.29) is 12.0 Å². The second-order valence-electron chi connectivity index (χ2n) is 4.24. The molecule has 0 radical (unpaired) electrons. The summed E-state index contributed by atoms with van der Waals surface area (Å²) in [5, 5.41) is 9.64. The first-order chi connectivity index (χ1) is 8.19. The first-order valence-electron chi connectivity index (χ1n) is 6.13. The van der Waals surface area contributed by atoms with Gasteiger partial charge in [-0.25, -0.2) is 0 Å². The highest BCUT2D eigenvalue weighted by atomic mass is 16.5. The van der Waals surface area contributed by atoms with E-state index in [1.165, 1.54) is 0 Å². The van der Waals surface area contributed by atoms with Crippen LogP contribution >= 0.6 is 0 Å². The lowest BCUT2D eigenvalue weighted by molar-refractivity contribution is 0.0977. The van der Waals surface area contributed by atoms with Crippen LogP contribution in [0.5, 0.6) is 11.5 Å². The van der Waals surface area contributed by atoms with E-state index in [1.54, 1.807) is 7.11 Å². The van der Waals surface area contributed by atoms with Gasteiger partial charge in [0.2, 0.25) is 0 Å². The third-order valence-corrected chi connectivity index (χ3v) is 2.97. The Kier molecular flexibility index (Phi) is 5.84. The van der Waals surface area contributed by atoms with Crippen LogP contribution in [-0.2, 0) is 0 Å². The molecule has 1 rings (SSSR count). The number of rotatable bonds is 7. The van der Waals surface area contributed by atoms with Gasteiger partial charge in [0.15, 0.2) is 11.5 Å². The van der Waals surface area contributed by atoms with Crippen molar-refractivity contribution in [3.63, 3.8) is 0 Å². The quantitative estimate of drug-likeness (QED) is 0.794. The van der Waals surface area contributed by atoms with Crippen LogP contribution in [0.2, 0.25) is 0 Å². The normalized spacial score (nSPS) is 14.1. The van der Waals surface area contributed by atoms with Gasteiger partial charge in [-0.05, 0) is 30.9 Å². The van der Waals surface area contributed by atoms with Crippen LogP contribution in [0.15, 0.2) is 24.3 Å². The van der Waals surface area contributed by atoms with E-state index in [4.69, 9.17) is 9.47 Å². The Balaban J connectivity index is 2.40. The standard InChI is InChI=1S/C14H22O3/c1-4-12(15)11(2)9-10-17-14-8-6-5-7-13(14)16-3/h5-8,11-12,15H,4,9-10H2,1-3H3. The predicted molar refractivity (Wildman–Crippen MR) is 68.6 cm³/mol. The first-order valence-corrected chi connectivity index (χ1v) is 6.13. The maximum Gasteiger partial charge on any atom is 0.161 e. The molecule has 0 saturated carbocycles. The summed E-state index contributed by atoms with van der Waals surface area (Å²) in [5.74, 6) is 1.76. The second kappa shape index (κ2) is 7.17. The van der Waals surface area contributed by atoms with Crippen molar-refractivity contribution in [2.45, 2.75) is 32.8 Å². The molecular weight excluding hydrogens is 216 g/mol. The largest absolute Gasteiger partial charge is 0.493 e. The van der Waals surface area contributed by atoms with Crippen molar-refractivity contribution in [3.05, 3.63) is 24.3 Å². The van der Waals surface area contributed by atoms with E-state index >= 15 is 0 Å². The van der Waals surface area contributed by atoms with E-state index in [1.807, 2.05) is 38.1 Å². The van der Waals surface area contributed by atoms with E-state index < -0.39 is 0 Å². The van der Waals surface area contributed by atoms with E-state index in [9.17, 15) is 5.11 Å². The predicted octanol–water partition coefficient (Wildman–Crippen LogP) is 2.87. The van der Waals surface area contributed by atoms with Gasteiger partial charge in [0.05, 0.1) is 19.8 Å². The Morgan fingerprint density at radius 2 is 1.88 bits per heavy atom. The molecule has 0 saturated heterocycles. The minimum atomic E-state index is -0.240. The molecule has 0 aromatic heterocycles. The summed E-state index contributed by atoms with van der Waals surface area (Å²) < 4.78 is 10.9. The van der Waals surface area contributed by atoms with Crippen LogP contribution in [-0.4, -0.2) is 24.9 Å². The summed E-state index contributed by atoms with van der Waals surface area (Å²) >= 11 is 0. The third kappa shape index (κ3) is 4.27. The second-order valence-corrected chi connectivity index (χ2v) is 4.24. The minimum Gasteiger partial charge on any atom is -0.493 e. The molecule has 0 heterocycles. The summed E-state index contributed by atoms with van der Waals surface area (Å²) in [6.07, 6.45) is 1.39. The maximum absolute atomic E-state index is 9.64. The molecule has 0 bridgehead atoms. The van der Waals surface area contributed by atoms with Crippen LogP contribution < -0.4 is 9.47 Å². The molecule has 3 heteroatoms. The number of aliphatic hydroxyl groups excluding tert-OH is 1. The van der Waals surface area contributed by atoms with Gasteiger partial charge < -0.3 is 14.6 Å². The van der Waals surface area contributed by atoms with Gasteiger partial charge >= 0.3 is 0 Å². The molecule has 96 valence electrons. The Morgan fingerprint density at radius 3 is 2.47 bits per heavy atom. The van der Waals surface area contributed by atoms with Gasteiger partial charge in [-0.3, -0.25) is 0 Å². The van der Waals surface area contributed by atoms with Crippen molar-refractivity contribution in [1.82, 2.24) is 0 Å². The van der Waals surface area contributed by atoms with Gasteiger partial charge in [0, 0.05) is 0 Å². The molecule has 1 N–H and O–H groups in total. The van der Waals surface area contributed by atoms with Crippen LogP contribution in [0.3, 0.4) is 0 Å². The number of para-hydroxylation sites is 2. The zero-order valence-electron chi connectivity index (χ0n) is 10.8. The lowest BCUT2D eigenvalue weighted by Gasteiger charge is -2.17. The monoisotopic (exact) mass is 238 g/mol. The molecule has 0 aliphatic rings. The molecule has 3 nitrogen and oxygen atoms in total. The van der Waals surface area contributed by atoms with E-state index in [2.05, 4.69) is 0 Å². The van der Waals surface area contributed by atoms with Crippen LogP contribution in [0.1, 0.15) is 26.7 Å². The van der Waals surface area contributed by atoms with Crippen LogP contribution in [0.4, 0.5) is 0 Å². The van der Waals surface area contributed by atoms with Crippen molar-refractivity contribution < 1.29 is 14.6 Å². The number of benzene rings is 1. The van der Waals surface area contributed by atoms with Crippen molar-refractivity contribution in [1.29, 1.82) is 0 Å². The smallest absolute Gasteiger partial charge is 0.161 e. The first kappa shape index (κ1) is 13.8. The molecule has 2 unspecified atom stereocenters. The van der Waals surface area contributed by atoms with Crippen LogP contribution in [0, 0.1) is 5.92 Å². The van der Waals surface area contributed by atoms with Gasteiger partial charge in [-0.1, -0.05) is 26.0 Å². The summed E-state index contributed by atoms with van der Waals surface area (Å²) in [7, 11) is 1.63. The zero-order chi connectivity index (χ0) is 12.7. The van der Waals surface area contributed by atoms with Gasteiger partial charge in [-0.15, -0.1) is 0 Å². The van der Waals surface area contributed by atoms with E-state index in [0.717, 1.165) is 24.3 Å². The number of methoxy groups -OCH3 is 1. The minimum absolute atomic E-state index is 0.240. The molecule has 2 atom stereocenters. The van der Waals surface area contributed by atoms with Gasteiger partial charge in [0.1, 0.15) is 0 Å². The molecular formula is C14H22O3. The average molecular weight is 238 g/mol. The summed E-state index contributed by atoms with van der Waals surface area (Å²) in [6.45, 7) is 4.63. The topological polar surface area (TPSA) is 38.7 Å². The molecule has 0 aliphatic heterocycles. The van der Waals surface area contributed by atoms with Crippen LogP contribution in [0.25, 0.3) is 0 Å². The molecule has 0 aliphatic carbocycles. The molecule has 17 heavy (non-hydrogen) atoms. The van der Waals surface area contributed by atoms with Crippen molar-refractivity contribution in [3.8, 4) is 11.5 Å². The Labute approximate surface area is 103 Å². The summed E-state index contributed by atoms with van der Waals surface area (Å²) in [5.41, 5.74) is 0. The molecule has 1 aromatic carbocycles. The van der Waals surface area contributed by atoms with Crippen molar-refractivity contribution in [2.75, 3.05) is 13.7 Å². The highest BCUT2D eigenvalue weighted by Gasteiger charge is 2.12. The van der Waals surface area contributed by atoms with E-state index in [0.29, 0.717) is 6.61 Å².